The molecule has 0 radical (unpaired) electrons. The second kappa shape index (κ2) is 7.43. The van der Waals surface area contributed by atoms with E-state index in [1.807, 2.05) is 6.26 Å². The molecule has 0 unspecified atom stereocenters. The smallest absolute Gasteiger partial charge is 0.122 e. The minimum Gasteiger partial charge on any atom is -0.468 e. The van der Waals surface area contributed by atoms with Crippen molar-refractivity contribution in [2.75, 3.05) is 32.7 Å². The molecule has 4 nitrogen and oxygen atoms in total. The van der Waals surface area contributed by atoms with Crippen LogP contribution in [-0.4, -0.2) is 48.6 Å². The number of piperazine rings is 1. The maximum absolute atomic E-state index is 5.61. The molecule has 1 aromatic rings. The largest absolute Gasteiger partial charge is 0.468 e. The Labute approximate surface area is 128 Å². The number of rotatable bonds is 6. The summed E-state index contributed by atoms with van der Waals surface area (Å²) in [5.74, 6) is 1.11. The molecule has 21 heavy (non-hydrogen) atoms. The molecule has 2 heterocycles. The predicted molar refractivity (Wildman–Crippen MR) is 85.2 cm³/mol. The predicted octanol–water partition coefficient (Wildman–Crippen LogP) is 2.45. The van der Waals surface area contributed by atoms with Gasteiger partial charge in [-0.3, -0.25) is 9.80 Å². The Balaban J connectivity index is 1.47. The molecular formula is C17H29N3O. The summed E-state index contributed by atoms with van der Waals surface area (Å²) in [5, 5.41) is 3.35. The summed E-state index contributed by atoms with van der Waals surface area (Å²) in [5.41, 5.74) is 1.35. The van der Waals surface area contributed by atoms with Crippen LogP contribution < -0.4 is 5.32 Å². The number of nitrogens with zero attached hydrogens (tertiary/aromatic N) is 2. The van der Waals surface area contributed by atoms with E-state index in [1.165, 1.54) is 57.4 Å². The second-order valence-corrected chi connectivity index (χ2v) is 6.40. The second-order valence-electron chi connectivity index (χ2n) is 6.40. The molecule has 1 N–H and O–H groups in total. The van der Waals surface area contributed by atoms with Crippen molar-refractivity contribution in [1.29, 1.82) is 0 Å². The molecular weight excluding hydrogens is 262 g/mol. The summed E-state index contributed by atoms with van der Waals surface area (Å²) in [6, 6.07) is 3.01. The Kier molecular flexibility index (Phi) is 5.33. The average Bonchev–Trinajstić information content (AvgIpc) is 3.18. The maximum atomic E-state index is 5.61. The number of nitrogens with one attached hydrogen (secondary N) is 1. The van der Waals surface area contributed by atoms with Crippen LogP contribution in [0.5, 0.6) is 0 Å². The van der Waals surface area contributed by atoms with E-state index in [4.69, 9.17) is 4.42 Å². The molecule has 0 amide bonds. The quantitative estimate of drug-likeness (QED) is 0.872. The van der Waals surface area contributed by atoms with Gasteiger partial charge in [-0.05, 0) is 25.5 Å². The van der Waals surface area contributed by atoms with E-state index in [2.05, 4.69) is 28.1 Å². The molecule has 3 rings (SSSR count). The minimum absolute atomic E-state index is 0.848. The van der Waals surface area contributed by atoms with E-state index in [1.54, 1.807) is 0 Å². The van der Waals surface area contributed by atoms with Crippen LogP contribution in [0.2, 0.25) is 0 Å². The molecule has 1 saturated heterocycles. The van der Waals surface area contributed by atoms with Crippen molar-refractivity contribution in [3.8, 4) is 0 Å². The third kappa shape index (κ3) is 3.87. The van der Waals surface area contributed by atoms with E-state index in [0.717, 1.165) is 31.4 Å². The molecule has 1 aromatic heterocycles. The Bertz CT molecular complexity index is 417. The van der Waals surface area contributed by atoms with Gasteiger partial charge in [-0.15, -0.1) is 0 Å². The normalized spacial score (nSPS) is 22.1. The van der Waals surface area contributed by atoms with Crippen LogP contribution in [-0.2, 0) is 13.1 Å². The summed E-state index contributed by atoms with van der Waals surface area (Å²) in [7, 11) is 0. The monoisotopic (exact) mass is 291 g/mol. The summed E-state index contributed by atoms with van der Waals surface area (Å²) >= 11 is 0. The Morgan fingerprint density at radius 3 is 2.67 bits per heavy atom. The summed E-state index contributed by atoms with van der Waals surface area (Å²) in [6.07, 6.45) is 7.56. The molecule has 2 aliphatic rings. The number of hydrogen-bond donors (Lipinski definition) is 1. The molecule has 1 aliphatic heterocycles. The average molecular weight is 291 g/mol. The lowest BCUT2D eigenvalue weighted by Crippen LogP contribution is -2.49. The highest BCUT2D eigenvalue weighted by atomic mass is 16.3. The van der Waals surface area contributed by atoms with Gasteiger partial charge in [0.15, 0.2) is 0 Å². The molecule has 118 valence electrons. The minimum atomic E-state index is 0.848. The summed E-state index contributed by atoms with van der Waals surface area (Å²) < 4.78 is 5.61. The lowest BCUT2D eigenvalue weighted by Gasteiger charge is -2.38. The first-order valence-electron chi connectivity index (χ1n) is 8.59. The van der Waals surface area contributed by atoms with E-state index >= 15 is 0 Å². The van der Waals surface area contributed by atoms with E-state index < -0.39 is 0 Å². The SMILES string of the molecule is CCNCc1occc1CN1CCN(C2CCCC2)CC1. The zero-order valence-corrected chi connectivity index (χ0v) is 13.3. The highest BCUT2D eigenvalue weighted by molar-refractivity contribution is 5.17. The fraction of sp³-hybridized carbons (Fsp3) is 0.765. The lowest BCUT2D eigenvalue weighted by molar-refractivity contribution is 0.0933. The van der Waals surface area contributed by atoms with Crippen molar-refractivity contribution < 1.29 is 4.42 Å². The van der Waals surface area contributed by atoms with E-state index in [0.29, 0.717) is 0 Å². The molecule has 0 atom stereocenters. The van der Waals surface area contributed by atoms with Gasteiger partial charge in [0.05, 0.1) is 12.8 Å². The molecule has 0 aromatic carbocycles. The van der Waals surface area contributed by atoms with Gasteiger partial charge in [0, 0.05) is 44.3 Å². The first-order chi connectivity index (χ1) is 10.4. The van der Waals surface area contributed by atoms with Crippen molar-refractivity contribution in [2.24, 2.45) is 0 Å². The number of furan rings is 1. The topological polar surface area (TPSA) is 31.7 Å². The van der Waals surface area contributed by atoms with Crippen LogP contribution in [0.25, 0.3) is 0 Å². The molecule has 4 heteroatoms. The van der Waals surface area contributed by atoms with Gasteiger partial charge >= 0.3 is 0 Å². The fourth-order valence-corrected chi connectivity index (χ4v) is 3.70. The lowest BCUT2D eigenvalue weighted by atomic mass is 10.1. The van der Waals surface area contributed by atoms with Crippen LogP contribution in [0.3, 0.4) is 0 Å². The molecule has 1 aliphatic carbocycles. The van der Waals surface area contributed by atoms with Crippen LogP contribution in [0, 0.1) is 0 Å². The third-order valence-corrected chi connectivity index (χ3v) is 5.02. The van der Waals surface area contributed by atoms with Gasteiger partial charge in [-0.25, -0.2) is 0 Å². The van der Waals surface area contributed by atoms with Crippen molar-refractivity contribution in [3.63, 3.8) is 0 Å². The van der Waals surface area contributed by atoms with Crippen LogP contribution >= 0.6 is 0 Å². The van der Waals surface area contributed by atoms with Crippen molar-refractivity contribution in [1.82, 2.24) is 15.1 Å². The van der Waals surface area contributed by atoms with E-state index in [-0.39, 0.29) is 0 Å². The Morgan fingerprint density at radius 1 is 1.19 bits per heavy atom. The zero-order valence-electron chi connectivity index (χ0n) is 13.3. The van der Waals surface area contributed by atoms with Crippen LogP contribution in [0.15, 0.2) is 16.7 Å². The Morgan fingerprint density at radius 2 is 1.95 bits per heavy atom. The molecule has 2 fully saturated rings. The van der Waals surface area contributed by atoms with Gasteiger partial charge < -0.3 is 9.73 Å². The number of hydrogen-bond acceptors (Lipinski definition) is 4. The van der Waals surface area contributed by atoms with Crippen molar-refractivity contribution in [2.45, 2.75) is 51.7 Å². The Hall–Kier alpha value is -0.840. The highest BCUT2D eigenvalue weighted by Crippen LogP contribution is 2.24. The summed E-state index contributed by atoms with van der Waals surface area (Å²) in [4.78, 5) is 5.30. The summed E-state index contributed by atoms with van der Waals surface area (Å²) in [6.45, 7) is 9.88. The zero-order chi connectivity index (χ0) is 14.5. The van der Waals surface area contributed by atoms with Crippen molar-refractivity contribution in [3.05, 3.63) is 23.7 Å². The van der Waals surface area contributed by atoms with Gasteiger partial charge in [0.25, 0.3) is 0 Å². The van der Waals surface area contributed by atoms with Crippen LogP contribution in [0.1, 0.15) is 43.9 Å². The standard InChI is InChI=1S/C17H29N3O/c1-2-18-13-17-15(7-12-21-17)14-19-8-10-20(11-9-19)16-5-3-4-6-16/h7,12,16,18H,2-6,8-11,13-14H2,1H3. The molecule has 1 saturated carbocycles. The van der Waals surface area contributed by atoms with Crippen LogP contribution in [0.4, 0.5) is 0 Å². The first-order valence-corrected chi connectivity index (χ1v) is 8.59. The fourth-order valence-electron chi connectivity index (χ4n) is 3.70. The molecule has 0 bridgehead atoms. The third-order valence-electron chi connectivity index (χ3n) is 5.02. The maximum Gasteiger partial charge on any atom is 0.122 e. The van der Waals surface area contributed by atoms with Gasteiger partial charge in [-0.1, -0.05) is 19.8 Å². The van der Waals surface area contributed by atoms with Gasteiger partial charge in [0.2, 0.25) is 0 Å². The van der Waals surface area contributed by atoms with Gasteiger partial charge in [0.1, 0.15) is 5.76 Å². The van der Waals surface area contributed by atoms with Crippen molar-refractivity contribution >= 4 is 0 Å². The van der Waals surface area contributed by atoms with Gasteiger partial charge in [-0.2, -0.15) is 0 Å². The van der Waals surface area contributed by atoms with E-state index in [9.17, 15) is 0 Å². The first kappa shape index (κ1) is 15.1. The highest BCUT2D eigenvalue weighted by Gasteiger charge is 2.26. The molecule has 0 spiro atoms.